The molecule has 0 spiro atoms. The van der Waals surface area contributed by atoms with Gasteiger partial charge >= 0.3 is 29.6 Å². The molecule has 0 amide bonds. The third-order valence-corrected chi connectivity index (χ3v) is 8.32. The van der Waals surface area contributed by atoms with E-state index in [0.29, 0.717) is 6.42 Å². The Labute approximate surface area is 250 Å². The third kappa shape index (κ3) is 31.1. The molecule has 0 fully saturated rings. The van der Waals surface area contributed by atoms with Gasteiger partial charge in [-0.3, -0.25) is 4.55 Å². The van der Waals surface area contributed by atoms with Crippen LogP contribution in [0.4, 0.5) is 0 Å². The first kappa shape index (κ1) is 39.0. The van der Waals surface area contributed by atoms with Gasteiger partial charge in [-0.2, -0.15) is 8.42 Å². The van der Waals surface area contributed by atoms with E-state index >= 15 is 0 Å². The molecule has 0 radical (unpaired) electrons. The summed E-state index contributed by atoms with van der Waals surface area (Å²) in [6.45, 7) is 2.29. The molecule has 0 heterocycles. The van der Waals surface area contributed by atoms with Crippen molar-refractivity contribution < 1.29 is 49.1 Å². The normalized spacial score (nSPS) is 12.5. The fraction of sp³-hybridized carbons (Fsp3) is 1.00. The minimum Gasteiger partial charge on any atom is -1.00 e. The molecule has 0 aliphatic rings. The van der Waals surface area contributed by atoms with Crippen molar-refractivity contribution in [3.8, 4) is 0 Å². The Bertz CT molecular complexity index is 520. The Kier molecular flexibility index (Phi) is 33.0. The van der Waals surface area contributed by atoms with E-state index in [4.69, 9.17) is 4.55 Å². The Morgan fingerprint density at radius 3 is 0.861 bits per heavy atom. The topological polar surface area (TPSA) is 74.6 Å². The van der Waals surface area contributed by atoms with Gasteiger partial charge in [0.15, 0.2) is 5.44 Å². The standard InChI is InChI=1S/C30H62O4S.Na.H/c1-2-3-4-5-6-7-8-9-10-11-12-13-14-15-16-17-18-19-20-21-22-23-24-25-26-27-28-29-30(31)35(32,33)34;;/h30-31H,2-29H2,1H3,(H,32,33,34);;/q;+1;-1. The van der Waals surface area contributed by atoms with Gasteiger partial charge in [-0.15, -0.1) is 0 Å². The van der Waals surface area contributed by atoms with Crippen molar-refractivity contribution in [1.29, 1.82) is 0 Å². The van der Waals surface area contributed by atoms with Crippen LogP contribution in [0.1, 0.15) is 188 Å². The second-order valence-electron chi connectivity index (χ2n) is 11.0. The number of rotatable bonds is 29. The van der Waals surface area contributed by atoms with Crippen molar-refractivity contribution in [2.45, 2.75) is 192 Å². The largest absolute Gasteiger partial charge is 1.00 e. The summed E-state index contributed by atoms with van der Waals surface area (Å²) in [4.78, 5) is 0. The first-order valence-corrected chi connectivity index (χ1v) is 17.1. The van der Waals surface area contributed by atoms with Crippen LogP contribution in [0.2, 0.25) is 0 Å². The summed E-state index contributed by atoms with van der Waals surface area (Å²) in [6, 6.07) is 0. The van der Waals surface area contributed by atoms with Crippen molar-refractivity contribution in [3.05, 3.63) is 0 Å². The van der Waals surface area contributed by atoms with E-state index in [1.54, 1.807) is 0 Å². The zero-order valence-electron chi connectivity index (χ0n) is 25.5. The van der Waals surface area contributed by atoms with Gasteiger partial charge in [-0.1, -0.05) is 174 Å². The van der Waals surface area contributed by atoms with Crippen LogP contribution in [0.3, 0.4) is 0 Å². The van der Waals surface area contributed by atoms with Crippen molar-refractivity contribution in [3.63, 3.8) is 0 Å². The van der Waals surface area contributed by atoms with Gasteiger partial charge < -0.3 is 6.53 Å². The van der Waals surface area contributed by atoms with Gasteiger partial charge in [-0.05, 0) is 12.8 Å². The molecule has 0 saturated carbocycles. The molecule has 6 heteroatoms. The molecule has 1 atom stereocenters. The minimum atomic E-state index is -4.28. The monoisotopic (exact) mass is 542 g/mol. The molecular formula is C30H63NaO4S. The van der Waals surface area contributed by atoms with E-state index in [0.717, 1.165) is 12.8 Å². The van der Waals surface area contributed by atoms with Gasteiger partial charge in [0.05, 0.1) is 0 Å². The molecule has 0 aromatic rings. The fourth-order valence-corrected chi connectivity index (χ4v) is 5.43. The Hall–Kier alpha value is 0.870. The molecule has 36 heavy (non-hydrogen) atoms. The van der Waals surface area contributed by atoms with Crippen molar-refractivity contribution in [1.82, 2.24) is 0 Å². The van der Waals surface area contributed by atoms with E-state index in [9.17, 15) is 13.5 Å². The molecular weight excluding hydrogens is 479 g/mol. The zero-order chi connectivity index (χ0) is 25.9. The number of hydrogen-bond donors (Lipinski definition) is 2. The summed E-state index contributed by atoms with van der Waals surface area (Å²) in [5.41, 5.74) is -1.61. The predicted molar refractivity (Wildman–Crippen MR) is 154 cm³/mol. The van der Waals surface area contributed by atoms with Gasteiger partial charge in [0.1, 0.15) is 0 Å². The quantitative estimate of drug-likeness (QED) is 0.0593. The maximum absolute atomic E-state index is 10.7. The summed E-state index contributed by atoms with van der Waals surface area (Å²) >= 11 is 0. The van der Waals surface area contributed by atoms with E-state index in [-0.39, 0.29) is 37.4 Å². The average Bonchev–Trinajstić information content (AvgIpc) is 2.82. The first-order valence-electron chi connectivity index (χ1n) is 15.6. The van der Waals surface area contributed by atoms with Gasteiger partial charge in [0.25, 0.3) is 10.1 Å². The SMILES string of the molecule is CCCCCCCCCCCCCCCCCCCCCCCCCCCCCC(O)S(=O)(=O)O.[H-].[Na+]. The maximum Gasteiger partial charge on any atom is 1.00 e. The molecule has 0 saturated heterocycles. The van der Waals surface area contributed by atoms with Crippen LogP contribution in [0.5, 0.6) is 0 Å². The van der Waals surface area contributed by atoms with Crippen LogP contribution in [0.15, 0.2) is 0 Å². The average molecular weight is 543 g/mol. The molecule has 0 aliphatic heterocycles. The van der Waals surface area contributed by atoms with Crippen LogP contribution < -0.4 is 29.6 Å². The summed E-state index contributed by atoms with van der Waals surface area (Å²) in [6.07, 6.45) is 36.5. The zero-order valence-corrected chi connectivity index (χ0v) is 27.3. The van der Waals surface area contributed by atoms with Crippen LogP contribution in [0, 0.1) is 0 Å². The fourth-order valence-electron chi connectivity index (χ4n) is 4.96. The molecule has 2 N–H and O–H groups in total. The first-order chi connectivity index (χ1) is 17.0. The molecule has 0 bridgehead atoms. The summed E-state index contributed by atoms with van der Waals surface area (Å²) < 4.78 is 30.1. The van der Waals surface area contributed by atoms with E-state index < -0.39 is 15.6 Å². The number of unbranched alkanes of at least 4 members (excludes halogenated alkanes) is 26. The Morgan fingerprint density at radius 1 is 0.472 bits per heavy atom. The molecule has 4 nitrogen and oxygen atoms in total. The van der Waals surface area contributed by atoms with Crippen molar-refractivity contribution >= 4 is 10.1 Å². The van der Waals surface area contributed by atoms with Crippen LogP contribution >= 0.6 is 0 Å². The Balaban J connectivity index is -0.00000578. The summed E-state index contributed by atoms with van der Waals surface area (Å²) in [5.74, 6) is 0. The number of aliphatic hydroxyl groups excluding tert-OH is 1. The van der Waals surface area contributed by atoms with E-state index in [1.165, 1.54) is 154 Å². The minimum absolute atomic E-state index is 0. The van der Waals surface area contributed by atoms with Crippen LogP contribution in [-0.2, 0) is 10.1 Å². The van der Waals surface area contributed by atoms with E-state index in [1.807, 2.05) is 0 Å². The number of hydrogen-bond acceptors (Lipinski definition) is 3. The van der Waals surface area contributed by atoms with Crippen LogP contribution in [-0.4, -0.2) is 23.5 Å². The van der Waals surface area contributed by atoms with E-state index in [2.05, 4.69) is 6.92 Å². The van der Waals surface area contributed by atoms with Crippen molar-refractivity contribution in [2.24, 2.45) is 0 Å². The predicted octanol–water partition coefficient (Wildman–Crippen LogP) is 7.25. The molecule has 1 unspecified atom stereocenters. The second kappa shape index (κ2) is 30.4. The van der Waals surface area contributed by atoms with Gasteiger partial charge in [-0.25, -0.2) is 0 Å². The number of aliphatic hydroxyl groups is 1. The summed E-state index contributed by atoms with van der Waals surface area (Å²) in [7, 11) is -4.28. The van der Waals surface area contributed by atoms with Crippen LogP contribution in [0.25, 0.3) is 0 Å². The molecule has 0 aromatic heterocycles. The molecule has 0 rings (SSSR count). The maximum atomic E-state index is 10.7. The Morgan fingerprint density at radius 2 is 0.667 bits per heavy atom. The molecule has 0 aromatic carbocycles. The van der Waals surface area contributed by atoms with Gasteiger partial charge in [0.2, 0.25) is 0 Å². The third-order valence-electron chi connectivity index (χ3n) is 7.40. The molecule has 0 aliphatic carbocycles. The van der Waals surface area contributed by atoms with Crippen molar-refractivity contribution in [2.75, 3.05) is 0 Å². The second-order valence-corrected chi connectivity index (χ2v) is 12.5. The van der Waals surface area contributed by atoms with Gasteiger partial charge in [0, 0.05) is 0 Å². The summed E-state index contributed by atoms with van der Waals surface area (Å²) in [5, 5.41) is 9.24. The molecule has 214 valence electrons. The smallest absolute Gasteiger partial charge is 1.00 e.